The molecule has 0 aromatic heterocycles. The topological polar surface area (TPSA) is 51.7 Å². The predicted molar refractivity (Wildman–Crippen MR) is 66.8 cm³/mol. The van der Waals surface area contributed by atoms with Crippen molar-refractivity contribution in [1.82, 2.24) is 20.9 Å². The molecule has 17 heavy (non-hydrogen) atoms. The molecule has 4 aliphatic heterocycles. The zero-order valence-corrected chi connectivity index (χ0v) is 9.95. The number of hydrogen-bond acceptors (Lipinski definition) is 5. The fourth-order valence-corrected chi connectivity index (χ4v) is 3.43. The zero-order chi connectivity index (χ0) is 11.2. The molecule has 3 atom stereocenters. The highest BCUT2D eigenvalue weighted by atomic mass is 15.4. The van der Waals surface area contributed by atoms with Crippen LogP contribution in [-0.4, -0.2) is 55.5 Å². The molecule has 0 amide bonds. The van der Waals surface area contributed by atoms with Crippen molar-refractivity contribution in [3.63, 3.8) is 0 Å². The van der Waals surface area contributed by atoms with E-state index in [9.17, 15) is 0 Å². The smallest absolute Gasteiger partial charge is 0.110 e. The molecule has 0 spiro atoms. The van der Waals surface area contributed by atoms with E-state index >= 15 is 0 Å². The van der Waals surface area contributed by atoms with Crippen LogP contribution in [0.25, 0.3) is 0 Å². The van der Waals surface area contributed by atoms with Gasteiger partial charge in [-0.15, -0.1) is 0 Å². The highest BCUT2D eigenvalue weighted by molar-refractivity contribution is 5.64. The van der Waals surface area contributed by atoms with Gasteiger partial charge < -0.3 is 20.9 Å². The fourth-order valence-electron chi connectivity index (χ4n) is 3.43. The largest absolute Gasteiger partial charge is 0.366 e. The van der Waals surface area contributed by atoms with E-state index in [2.05, 4.69) is 27.2 Å². The van der Waals surface area contributed by atoms with Crippen molar-refractivity contribution >= 4 is 6.34 Å². The van der Waals surface area contributed by atoms with Crippen LogP contribution in [0.1, 0.15) is 12.8 Å². The minimum absolute atomic E-state index is 0.420. The van der Waals surface area contributed by atoms with Gasteiger partial charge in [0.15, 0.2) is 0 Å². The summed E-state index contributed by atoms with van der Waals surface area (Å²) in [4.78, 5) is 7.08. The summed E-state index contributed by atoms with van der Waals surface area (Å²) in [6.07, 6.45) is 4.42. The van der Waals surface area contributed by atoms with Crippen LogP contribution in [0.5, 0.6) is 0 Å². The third-order valence-electron chi connectivity index (χ3n) is 4.38. The van der Waals surface area contributed by atoms with Gasteiger partial charge in [-0.25, -0.2) is 0 Å². The summed E-state index contributed by atoms with van der Waals surface area (Å²) >= 11 is 0. The van der Waals surface area contributed by atoms with Crippen LogP contribution in [-0.2, 0) is 0 Å². The van der Waals surface area contributed by atoms with E-state index in [1.807, 2.05) is 0 Å². The summed E-state index contributed by atoms with van der Waals surface area (Å²) in [7, 11) is 0. The van der Waals surface area contributed by atoms with Crippen molar-refractivity contribution in [3.05, 3.63) is 11.4 Å². The number of nitrogens with one attached hydrogen (secondary N) is 3. The molecular formula is C12H19N5. The molecule has 0 radical (unpaired) electrons. The second kappa shape index (κ2) is 3.71. The van der Waals surface area contributed by atoms with Crippen LogP contribution in [0, 0.1) is 0 Å². The molecule has 5 heteroatoms. The normalized spacial score (nSPS) is 39.5. The summed E-state index contributed by atoms with van der Waals surface area (Å²) in [6, 6.07) is 1.58. The Hall–Kier alpha value is -1.07. The summed E-state index contributed by atoms with van der Waals surface area (Å²) in [5.74, 6) is 1.34. The SMILES string of the molecule is C1=NC2CCNCC2=C2NC3CCNCC3N12. The van der Waals surface area contributed by atoms with Crippen LogP contribution in [0.15, 0.2) is 16.4 Å². The number of rotatable bonds is 0. The third-order valence-corrected chi connectivity index (χ3v) is 4.38. The first-order valence-electron chi connectivity index (χ1n) is 6.66. The molecule has 3 fully saturated rings. The molecular weight excluding hydrogens is 214 g/mol. The molecule has 0 aromatic carbocycles. The van der Waals surface area contributed by atoms with Crippen molar-refractivity contribution in [3.8, 4) is 0 Å². The van der Waals surface area contributed by atoms with Crippen LogP contribution in [0.4, 0.5) is 0 Å². The third kappa shape index (κ3) is 1.42. The molecule has 4 aliphatic rings. The average molecular weight is 233 g/mol. The van der Waals surface area contributed by atoms with E-state index in [-0.39, 0.29) is 0 Å². The Morgan fingerprint density at radius 3 is 3.18 bits per heavy atom. The number of hydrogen-bond donors (Lipinski definition) is 3. The molecule has 3 N–H and O–H groups in total. The quantitative estimate of drug-likeness (QED) is 0.515. The number of nitrogens with zero attached hydrogens (tertiary/aromatic N) is 2. The fraction of sp³-hybridized carbons (Fsp3) is 0.750. The monoisotopic (exact) mass is 233 g/mol. The van der Waals surface area contributed by atoms with Crippen LogP contribution in [0.3, 0.4) is 0 Å². The Labute approximate surface area is 101 Å². The van der Waals surface area contributed by atoms with E-state index in [0.717, 1.165) is 32.6 Å². The molecule has 0 bridgehead atoms. The first-order chi connectivity index (χ1) is 8.43. The molecule has 4 heterocycles. The van der Waals surface area contributed by atoms with Crippen LogP contribution in [0.2, 0.25) is 0 Å². The van der Waals surface area contributed by atoms with Gasteiger partial charge in [-0.1, -0.05) is 0 Å². The second-order valence-electron chi connectivity index (χ2n) is 5.34. The minimum atomic E-state index is 0.420. The lowest BCUT2D eigenvalue weighted by molar-refractivity contribution is 0.319. The minimum Gasteiger partial charge on any atom is -0.366 e. The lowest BCUT2D eigenvalue weighted by atomic mass is 9.99. The van der Waals surface area contributed by atoms with Gasteiger partial charge in [0.1, 0.15) is 5.82 Å². The second-order valence-corrected chi connectivity index (χ2v) is 5.34. The Morgan fingerprint density at radius 2 is 2.18 bits per heavy atom. The van der Waals surface area contributed by atoms with Gasteiger partial charge in [-0.3, -0.25) is 4.99 Å². The van der Waals surface area contributed by atoms with Crippen molar-refractivity contribution in [2.45, 2.75) is 31.0 Å². The Kier molecular flexibility index (Phi) is 2.16. The van der Waals surface area contributed by atoms with E-state index in [4.69, 9.17) is 4.99 Å². The zero-order valence-electron chi connectivity index (χ0n) is 9.95. The maximum absolute atomic E-state index is 4.72. The van der Waals surface area contributed by atoms with Gasteiger partial charge in [-0.05, 0) is 25.9 Å². The molecule has 5 nitrogen and oxygen atoms in total. The maximum Gasteiger partial charge on any atom is 0.110 e. The number of piperidine rings is 2. The van der Waals surface area contributed by atoms with Gasteiger partial charge in [0.05, 0.1) is 24.5 Å². The summed E-state index contributed by atoms with van der Waals surface area (Å²) < 4.78 is 0. The van der Waals surface area contributed by atoms with Gasteiger partial charge >= 0.3 is 0 Å². The predicted octanol–water partition coefficient (Wildman–Crippen LogP) is -0.762. The standard InChI is InChI=1S/C12H19N5/c1-3-13-5-8-9(1)15-7-17-11-6-14-4-2-10(11)16-12(8)17/h7,9-11,13-14,16H,1-6H2. The first-order valence-corrected chi connectivity index (χ1v) is 6.66. The number of aliphatic imine (C=N–C) groups is 1. The summed E-state index contributed by atoms with van der Waals surface area (Å²) in [6.45, 7) is 4.28. The summed E-state index contributed by atoms with van der Waals surface area (Å²) in [5, 5.41) is 10.7. The lowest BCUT2D eigenvalue weighted by Gasteiger charge is -2.34. The van der Waals surface area contributed by atoms with Gasteiger partial charge in [-0.2, -0.15) is 0 Å². The van der Waals surface area contributed by atoms with Crippen molar-refractivity contribution < 1.29 is 0 Å². The van der Waals surface area contributed by atoms with Crippen LogP contribution >= 0.6 is 0 Å². The Morgan fingerprint density at radius 1 is 1.24 bits per heavy atom. The van der Waals surface area contributed by atoms with E-state index in [1.54, 1.807) is 0 Å². The molecule has 0 saturated carbocycles. The van der Waals surface area contributed by atoms with Gasteiger partial charge in [0.2, 0.25) is 0 Å². The molecule has 0 aromatic rings. The van der Waals surface area contributed by atoms with Gasteiger partial charge in [0, 0.05) is 18.7 Å². The van der Waals surface area contributed by atoms with Gasteiger partial charge in [0.25, 0.3) is 0 Å². The van der Waals surface area contributed by atoms with E-state index in [1.165, 1.54) is 17.8 Å². The molecule has 4 rings (SSSR count). The average Bonchev–Trinajstić information content (AvgIpc) is 2.78. The Balaban J connectivity index is 1.70. The highest BCUT2D eigenvalue weighted by Crippen LogP contribution is 2.30. The van der Waals surface area contributed by atoms with Crippen molar-refractivity contribution in [1.29, 1.82) is 0 Å². The Bertz CT molecular complexity index is 388. The molecule has 3 saturated heterocycles. The van der Waals surface area contributed by atoms with Crippen molar-refractivity contribution in [2.75, 3.05) is 26.2 Å². The van der Waals surface area contributed by atoms with E-state index in [0.29, 0.717) is 18.1 Å². The van der Waals surface area contributed by atoms with Crippen molar-refractivity contribution in [2.24, 2.45) is 4.99 Å². The summed E-state index contributed by atoms with van der Waals surface area (Å²) in [5.41, 5.74) is 1.47. The first kappa shape index (κ1) is 9.91. The molecule has 3 unspecified atom stereocenters. The molecule has 92 valence electrons. The number of fused-ring (bicyclic) bond motifs is 4. The van der Waals surface area contributed by atoms with E-state index < -0.39 is 0 Å². The lowest BCUT2D eigenvalue weighted by Crippen LogP contribution is -2.49. The molecule has 0 aliphatic carbocycles. The highest BCUT2D eigenvalue weighted by Gasteiger charge is 2.41. The van der Waals surface area contributed by atoms with Crippen LogP contribution < -0.4 is 16.0 Å². The maximum atomic E-state index is 4.72.